The van der Waals surface area contributed by atoms with E-state index in [4.69, 9.17) is 10.3 Å². The molecule has 150 valence electrons. The molecule has 0 bridgehead atoms. The smallest absolute Gasteiger partial charge is 0.191 e. The van der Waals surface area contributed by atoms with E-state index in [0.29, 0.717) is 42.6 Å². The summed E-state index contributed by atoms with van der Waals surface area (Å²) in [6.45, 7) is 3.03. The number of nitrogens with zero attached hydrogens (tertiary/aromatic N) is 3. The molecule has 0 saturated heterocycles. The minimum atomic E-state index is -0.547. The highest BCUT2D eigenvalue weighted by molar-refractivity contribution is 5.78. The minimum Gasteiger partial charge on any atom is -0.389 e. The van der Waals surface area contributed by atoms with Crippen LogP contribution in [-0.2, 0) is 6.54 Å². The summed E-state index contributed by atoms with van der Waals surface area (Å²) in [4.78, 5) is 5.83. The Bertz CT molecular complexity index is 1020. The Kier molecular flexibility index (Phi) is 5.31. The maximum atomic E-state index is 14.7. The predicted octanol–water partition coefficient (Wildman–Crippen LogP) is 3.12. The average Bonchev–Trinajstić information content (AvgIpc) is 3.19. The summed E-state index contributed by atoms with van der Waals surface area (Å²) in [6, 6.07) is 16.6. The van der Waals surface area contributed by atoms with E-state index in [1.807, 2.05) is 49.4 Å². The molecule has 3 aromatic rings. The molecule has 0 amide bonds. The van der Waals surface area contributed by atoms with Crippen molar-refractivity contribution in [3.8, 4) is 11.1 Å². The second-order valence-corrected chi connectivity index (χ2v) is 7.28. The van der Waals surface area contributed by atoms with Crippen LogP contribution in [0.25, 0.3) is 11.1 Å². The van der Waals surface area contributed by atoms with Gasteiger partial charge < -0.3 is 20.3 Å². The van der Waals surface area contributed by atoms with E-state index in [1.54, 1.807) is 17.0 Å². The van der Waals surface area contributed by atoms with E-state index in [0.717, 1.165) is 11.1 Å². The summed E-state index contributed by atoms with van der Waals surface area (Å²) >= 11 is 0. The average molecular weight is 394 g/mol. The van der Waals surface area contributed by atoms with Crippen molar-refractivity contribution in [2.45, 2.75) is 25.5 Å². The lowest BCUT2D eigenvalue weighted by molar-refractivity contribution is 0.132. The molecule has 0 saturated carbocycles. The predicted molar refractivity (Wildman–Crippen MR) is 109 cm³/mol. The molecule has 4 rings (SSSR count). The summed E-state index contributed by atoms with van der Waals surface area (Å²) in [5.74, 6) is 0.584. The second kappa shape index (κ2) is 8.05. The lowest BCUT2D eigenvalue weighted by Gasteiger charge is -2.28. The highest BCUT2D eigenvalue weighted by Gasteiger charge is 2.22. The van der Waals surface area contributed by atoms with E-state index >= 15 is 0 Å². The van der Waals surface area contributed by atoms with Crippen LogP contribution in [0.4, 0.5) is 4.39 Å². The highest BCUT2D eigenvalue weighted by Crippen LogP contribution is 2.29. The van der Waals surface area contributed by atoms with Gasteiger partial charge in [-0.2, -0.15) is 0 Å². The molecule has 0 spiro atoms. The van der Waals surface area contributed by atoms with Crippen LogP contribution in [0.1, 0.15) is 29.9 Å². The third-order valence-electron chi connectivity index (χ3n) is 5.16. The van der Waals surface area contributed by atoms with Crippen molar-refractivity contribution >= 4 is 5.96 Å². The Labute approximate surface area is 168 Å². The van der Waals surface area contributed by atoms with Crippen molar-refractivity contribution in [2.75, 3.05) is 13.1 Å². The third kappa shape index (κ3) is 4.14. The number of guanidine groups is 1. The molecule has 2 atom stereocenters. The van der Waals surface area contributed by atoms with Crippen molar-refractivity contribution in [2.24, 2.45) is 10.7 Å². The highest BCUT2D eigenvalue weighted by atomic mass is 19.1. The molecule has 29 heavy (non-hydrogen) atoms. The van der Waals surface area contributed by atoms with Gasteiger partial charge in [0.15, 0.2) is 11.7 Å². The van der Waals surface area contributed by atoms with E-state index in [1.165, 1.54) is 0 Å². The van der Waals surface area contributed by atoms with Crippen LogP contribution in [0.3, 0.4) is 0 Å². The van der Waals surface area contributed by atoms with Crippen LogP contribution in [-0.4, -0.2) is 40.3 Å². The molecule has 1 aliphatic rings. The van der Waals surface area contributed by atoms with Gasteiger partial charge in [0.05, 0.1) is 24.9 Å². The Morgan fingerprint density at radius 1 is 1.24 bits per heavy atom. The van der Waals surface area contributed by atoms with Crippen LogP contribution in [0.15, 0.2) is 64.1 Å². The lowest BCUT2D eigenvalue weighted by Crippen LogP contribution is -2.46. The first-order valence-corrected chi connectivity index (χ1v) is 9.54. The zero-order valence-corrected chi connectivity index (χ0v) is 16.1. The number of nitrogens with two attached hydrogens (primary N) is 1. The van der Waals surface area contributed by atoms with Crippen molar-refractivity contribution in [3.05, 3.63) is 77.4 Å². The molecule has 2 aromatic carbocycles. The maximum Gasteiger partial charge on any atom is 0.191 e. The van der Waals surface area contributed by atoms with Gasteiger partial charge in [-0.25, -0.2) is 4.39 Å². The van der Waals surface area contributed by atoms with Crippen LogP contribution in [0.2, 0.25) is 0 Å². The summed E-state index contributed by atoms with van der Waals surface area (Å²) in [6.07, 6.45) is -0.547. The second-order valence-electron chi connectivity index (χ2n) is 7.28. The fourth-order valence-electron chi connectivity index (χ4n) is 3.47. The van der Waals surface area contributed by atoms with Crippen LogP contribution < -0.4 is 5.73 Å². The quantitative estimate of drug-likeness (QED) is 0.694. The Morgan fingerprint density at radius 3 is 2.79 bits per heavy atom. The molecule has 2 heterocycles. The van der Waals surface area contributed by atoms with Crippen molar-refractivity contribution in [1.29, 1.82) is 0 Å². The van der Waals surface area contributed by atoms with Gasteiger partial charge >= 0.3 is 0 Å². The number of aliphatic imine (C=N–C) groups is 1. The van der Waals surface area contributed by atoms with Gasteiger partial charge in [0.1, 0.15) is 5.82 Å². The van der Waals surface area contributed by atoms with Crippen LogP contribution in [0, 0.1) is 5.82 Å². The van der Waals surface area contributed by atoms with Gasteiger partial charge in [0.25, 0.3) is 0 Å². The number of β-amino-alcohol motifs (C(OH)–C–C–N with tert-alkyl or cyclic N) is 1. The molecule has 3 N–H and O–H groups in total. The van der Waals surface area contributed by atoms with Gasteiger partial charge in [0.2, 0.25) is 0 Å². The molecule has 0 aliphatic carbocycles. The molecular weight excluding hydrogens is 371 g/mol. The van der Waals surface area contributed by atoms with Gasteiger partial charge in [-0.3, -0.25) is 4.99 Å². The number of halogens is 1. The molecule has 1 aliphatic heterocycles. The Balaban J connectivity index is 1.50. The molecular formula is C22H23FN4O2. The monoisotopic (exact) mass is 394 g/mol. The number of aliphatic hydroxyl groups excluding tert-OH is 1. The standard InChI is InChI=1S/C22H23FN4O2/c1-14(16-7-8-19(20(23)9-16)15-5-3-2-4-6-15)21-10-18(29-26-21)13-27-12-17(28)11-25-22(27)24/h2-10,14,17,28H,11-13H2,1H3,(H2,24,25). The molecule has 2 unspecified atom stereocenters. The minimum absolute atomic E-state index is 0.134. The molecule has 0 fully saturated rings. The van der Waals surface area contributed by atoms with Crippen molar-refractivity contribution in [1.82, 2.24) is 10.1 Å². The van der Waals surface area contributed by atoms with Gasteiger partial charge in [-0.1, -0.05) is 54.5 Å². The number of aliphatic hydroxyl groups is 1. The first kappa shape index (κ1) is 19.1. The first-order valence-electron chi connectivity index (χ1n) is 9.54. The Hall–Kier alpha value is -3.19. The van der Waals surface area contributed by atoms with E-state index in [9.17, 15) is 9.50 Å². The van der Waals surface area contributed by atoms with E-state index in [-0.39, 0.29) is 11.7 Å². The van der Waals surface area contributed by atoms with Crippen molar-refractivity contribution < 1.29 is 14.0 Å². The van der Waals surface area contributed by atoms with Crippen LogP contribution in [0.5, 0.6) is 0 Å². The zero-order valence-electron chi connectivity index (χ0n) is 16.1. The number of hydrogen-bond acceptors (Lipinski definition) is 6. The van der Waals surface area contributed by atoms with Gasteiger partial charge in [-0.15, -0.1) is 0 Å². The van der Waals surface area contributed by atoms with E-state index < -0.39 is 6.10 Å². The molecule has 7 heteroatoms. The number of rotatable bonds is 5. The fourth-order valence-corrected chi connectivity index (χ4v) is 3.47. The lowest BCUT2D eigenvalue weighted by atomic mass is 9.94. The fraction of sp³-hybridized carbons (Fsp3) is 0.273. The summed E-state index contributed by atoms with van der Waals surface area (Å²) in [7, 11) is 0. The number of benzene rings is 2. The maximum absolute atomic E-state index is 14.7. The number of hydrogen-bond donors (Lipinski definition) is 2. The normalized spacial score (nSPS) is 17.8. The Morgan fingerprint density at radius 2 is 2.03 bits per heavy atom. The van der Waals surface area contributed by atoms with Crippen LogP contribution >= 0.6 is 0 Å². The van der Waals surface area contributed by atoms with Gasteiger partial charge in [-0.05, 0) is 17.2 Å². The first-order chi connectivity index (χ1) is 14.0. The molecule has 0 radical (unpaired) electrons. The molecule has 6 nitrogen and oxygen atoms in total. The summed E-state index contributed by atoms with van der Waals surface area (Å²) < 4.78 is 20.1. The van der Waals surface area contributed by atoms with Gasteiger partial charge in [0, 0.05) is 24.1 Å². The SMILES string of the molecule is CC(c1ccc(-c2ccccc2)c(F)c1)c1cc(CN2CC(O)CN=C2N)on1. The molecule has 1 aromatic heterocycles. The largest absolute Gasteiger partial charge is 0.389 e. The van der Waals surface area contributed by atoms with E-state index in [2.05, 4.69) is 10.1 Å². The zero-order chi connectivity index (χ0) is 20.4. The summed E-state index contributed by atoms with van der Waals surface area (Å²) in [5.41, 5.74) is 8.82. The van der Waals surface area contributed by atoms with Crippen molar-refractivity contribution in [3.63, 3.8) is 0 Å². The summed E-state index contributed by atoms with van der Waals surface area (Å²) in [5, 5.41) is 13.9. The topological polar surface area (TPSA) is 87.9 Å². The third-order valence-corrected chi connectivity index (χ3v) is 5.16. The number of aromatic nitrogens is 1.